The average Bonchev–Trinajstić information content (AvgIpc) is 2.90. The van der Waals surface area contributed by atoms with E-state index in [4.69, 9.17) is 4.74 Å². The number of amides is 1. The third kappa shape index (κ3) is 4.24. The lowest BCUT2D eigenvalue weighted by Gasteiger charge is -2.09. The van der Waals surface area contributed by atoms with Crippen LogP contribution >= 0.6 is 34.4 Å². The molecule has 3 rings (SSSR count). The molecule has 0 saturated carbocycles. The highest BCUT2D eigenvalue weighted by Crippen LogP contribution is 2.32. The van der Waals surface area contributed by atoms with E-state index in [-0.39, 0.29) is 5.91 Å². The Balaban J connectivity index is 1.74. The van der Waals surface area contributed by atoms with Gasteiger partial charge in [0.1, 0.15) is 12.4 Å². The number of carbonyl (C=O) groups is 1. The summed E-state index contributed by atoms with van der Waals surface area (Å²) in [6.07, 6.45) is 1.89. The van der Waals surface area contributed by atoms with E-state index in [1.54, 1.807) is 19.0 Å². The van der Waals surface area contributed by atoms with Crippen molar-refractivity contribution in [2.75, 3.05) is 14.1 Å². The molecule has 0 N–H and O–H groups in total. The number of ether oxygens (including phenoxy) is 1. The van der Waals surface area contributed by atoms with Crippen molar-refractivity contribution in [3.05, 3.63) is 68.1 Å². The molecule has 0 atom stereocenters. The molecule has 1 amide bonds. The van der Waals surface area contributed by atoms with Gasteiger partial charge in [0.25, 0.3) is 5.91 Å². The third-order valence-corrected chi connectivity index (χ3v) is 5.68. The van der Waals surface area contributed by atoms with Crippen LogP contribution in [0.4, 0.5) is 0 Å². The Morgan fingerprint density at radius 2 is 2.00 bits per heavy atom. The van der Waals surface area contributed by atoms with Crippen LogP contribution in [0.5, 0.6) is 5.75 Å². The topological polar surface area (TPSA) is 41.9 Å². The summed E-state index contributed by atoms with van der Waals surface area (Å²) >= 11 is 3.65. The molecule has 1 aliphatic heterocycles. The maximum absolute atomic E-state index is 12.2. The molecule has 1 saturated heterocycles. The van der Waals surface area contributed by atoms with Crippen molar-refractivity contribution >= 4 is 51.5 Å². The molecule has 0 radical (unpaired) electrons. The molecule has 6 heteroatoms. The molecule has 0 aliphatic carbocycles. The third-order valence-electron chi connectivity index (χ3n) is 3.69. The maximum Gasteiger partial charge on any atom is 0.266 e. The van der Waals surface area contributed by atoms with Crippen LogP contribution in [0.3, 0.4) is 0 Å². The Labute approximate surface area is 165 Å². The zero-order valence-electron chi connectivity index (χ0n) is 13.9. The highest BCUT2D eigenvalue weighted by atomic mass is 127. The van der Waals surface area contributed by atoms with Gasteiger partial charge >= 0.3 is 0 Å². The number of benzene rings is 2. The lowest BCUT2D eigenvalue weighted by molar-refractivity contribution is -0.121. The van der Waals surface area contributed by atoms with Gasteiger partial charge in [-0.05, 0) is 63.7 Å². The molecule has 0 aromatic heterocycles. The number of halogens is 1. The molecule has 2 aromatic rings. The van der Waals surface area contributed by atoms with Gasteiger partial charge < -0.3 is 4.74 Å². The van der Waals surface area contributed by atoms with Gasteiger partial charge in [-0.1, -0.05) is 36.4 Å². The van der Waals surface area contributed by atoms with Gasteiger partial charge in [-0.15, -0.1) is 0 Å². The molecule has 128 valence electrons. The number of aliphatic imine (C=N–C) groups is 1. The summed E-state index contributed by atoms with van der Waals surface area (Å²) in [6.45, 7) is 0.534. The fourth-order valence-corrected chi connectivity index (χ4v) is 3.98. The van der Waals surface area contributed by atoms with E-state index >= 15 is 0 Å². The smallest absolute Gasteiger partial charge is 0.266 e. The number of rotatable bonds is 4. The van der Waals surface area contributed by atoms with Crippen molar-refractivity contribution in [1.29, 1.82) is 0 Å². The molecule has 4 nitrogen and oxygen atoms in total. The van der Waals surface area contributed by atoms with Crippen LogP contribution < -0.4 is 4.74 Å². The van der Waals surface area contributed by atoms with E-state index in [1.807, 2.05) is 54.6 Å². The van der Waals surface area contributed by atoms with Gasteiger partial charge in [0.2, 0.25) is 0 Å². The highest BCUT2D eigenvalue weighted by molar-refractivity contribution is 14.1. The van der Waals surface area contributed by atoms with Crippen molar-refractivity contribution in [2.24, 2.45) is 4.99 Å². The van der Waals surface area contributed by atoms with Crippen molar-refractivity contribution in [2.45, 2.75) is 6.61 Å². The molecule has 0 bridgehead atoms. The summed E-state index contributed by atoms with van der Waals surface area (Å²) in [5, 5.41) is 0.716. The Hall–Kier alpha value is -1.80. The van der Waals surface area contributed by atoms with E-state index < -0.39 is 0 Å². The van der Waals surface area contributed by atoms with Crippen molar-refractivity contribution in [3.63, 3.8) is 0 Å². The summed E-state index contributed by atoms with van der Waals surface area (Å²) < 4.78 is 6.90. The predicted molar refractivity (Wildman–Crippen MR) is 112 cm³/mol. The summed E-state index contributed by atoms with van der Waals surface area (Å²) in [4.78, 5) is 18.6. The fraction of sp³-hybridized carbons (Fsp3) is 0.158. The first-order chi connectivity index (χ1) is 12.1. The average molecular weight is 464 g/mol. The van der Waals surface area contributed by atoms with Gasteiger partial charge in [0.05, 0.1) is 8.48 Å². The van der Waals surface area contributed by atoms with Gasteiger partial charge in [-0.3, -0.25) is 14.7 Å². The molecule has 1 aliphatic rings. The monoisotopic (exact) mass is 464 g/mol. The van der Waals surface area contributed by atoms with Crippen LogP contribution in [0.2, 0.25) is 0 Å². The minimum absolute atomic E-state index is 0.0231. The normalized spacial score (nSPS) is 17.6. The summed E-state index contributed by atoms with van der Waals surface area (Å²) in [6, 6.07) is 16.0. The first kappa shape index (κ1) is 18.0. The molecule has 1 fully saturated rings. The minimum Gasteiger partial charge on any atom is -0.488 e. The van der Waals surface area contributed by atoms with Gasteiger partial charge in [0.15, 0.2) is 5.17 Å². The minimum atomic E-state index is -0.0231. The fourth-order valence-electron chi connectivity index (χ4n) is 2.36. The quantitative estimate of drug-likeness (QED) is 0.498. The number of hydrogen-bond donors (Lipinski definition) is 0. The largest absolute Gasteiger partial charge is 0.488 e. The molecule has 1 heterocycles. The Bertz CT molecular complexity index is 850. The highest BCUT2D eigenvalue weighted by Gasteiger charge is 2.29. The van der Waals surface area contributed by atoms with Gasteiger partial charge in [-0.2, -0.15) is 0 Å². The van der Waals surface area contributed by atoms with Crippen molar-refractivity contribution in [1.82, 2.24) is 4.90 Å². The Kier molecular flexibility index (Phi) is 5.80. The molecule has 2 aromatic carbocycles. The van der Waals surface area contributed by atoms with E-state index in [1.165, 1.54) is 11.8 Å². The summed E-state index contributed by atoms with van der Waals surface area (Å²) in [7, 11) is 3.43. The summed E-state index contributed by atoms with van der Waals surface area (Å²) in [5.74, 6) is 0.815. The van der Waals surface area contributed by atoms with Crippen LogP contribution in [0.15, 0.2) is 58.4 Å². The summed E-state index contributed by atoms with van der Waals surface area (Å²) in [5.41, 5.74) is 2.10. The van der Waals surface area contributed by atoms with Crippen LogP contribution in [-0.2, 0) is 11.4 Å². The van der Waals surface area contributed by atoms with Crippen molar-refractivity contribution in [3.8, 4) is 5.75 Å². The zero-order valence-corrected chi connectivity index (χ0v) is 16.9. The van der Waals surface area contributed by atoms with Crippen molar-refractivity contribution < 1.29 is 9.53 Å². The lowest BCUT2D eigenvalue weighted by atomic mass is 10.2. The second kappa shape index (κ2) is 8.05. The first-order valence-electron chi connectivity index (χ1n) is 7.69. The molecule has 0 unspecified atom stereocenters. The number of carbonyl (C=O) groups excluding carboxylic acids is 1. The molecule has 0 spiro atoms. The van der Waals surface area contributed by atoms with Gasteiger partial charge in [0, 0.05) is 14.1 Å². The van der Waals surface area contributed by atoms with Crippen LogP contribution in [0, 0.1) is 3.57 Å². The van der Waals surface area contributed by atoms with E-state index in [2.05, 4.69) is 27.6 Å². The van der Waals surface area contributed by atoms with Gasteiger partial charge in [-0.25, -0.2) is 0 Å². The number of nitrogens with zero attached hydrogens (tertiary/aromatic N) is 2. The van der Waals surface area contributed by atoms with Crippen LogP contribution in [-0.4, -0.2) is 30.1 Å². The number of likely N-dealkylation sites (N-methyl/N-ethyl adjacent to an activating group) is 1. The Morgan fingerprint density at radius 1 is 1.24 bits per heavy atom. The van der Waals surface area contributed by atoms with E-state index in [0.717, 1.165) is 20.4 Å². The van der Waals surface area contributed by atoms with Crippen LogP contribution in [0.25, 0.3) is 6.08 Å². The van der Waals surface area contributed by atoms with E-state index in [9.17, 15) is 4.79 Å². The Morgan fingerprint density at radius 3 is 2.64 bits per heavy atom. The van der Waals surface area contributed by atoms with Crippen LogP contribution in [0.1, 0.15) is 11.1 Å². The first-order valence-corrected chi connectivity index (χ1v) is 9.58. The lowest BCUT2D eigenvalue weighted by Crippen LogP contribution is -2.23. The van der Waals surface area contributed by atoms with E-state index in [0.29, 0.717) is 16.7 Å². The SMILES string of the molecule is CN=C1S/C(=C\c2ccc(OCc3ccccc3)c(I)c2)C(=O)N1C. The zero-order chi connectivity index (χ0) is 17.8. The second-order valence-electron chi connectivity index (χ2n) is 5.45. The number of thioether (sulfide) groups is 1. The molecular weight excluding hydrogens is 447 g/mol. The number of amidine groups is 1. The number of hydrogen-bond acceptors (Lipinski definition) is 4. The molecular formula is C19H17IN2O2S. The standard InChI is InChI=1S/C19H17IN2O2S/c1-21-19-22(2)18(23)17(25-19)11-14-8-9-16(15(20)10-14)24-12-13-6-4-3-5-7-13/h3-11H,12H2,1-2H3/b17-11-,21-19?. The maximum atomic E-state index is 12.2. The predicted octanol–water partition coefficient (Wildman–Crippen LogP) is 4.40. The second-order valence-corrected chi connectivity index (χ2v) is 7.62. The molecule has 25 heavy (non-hydrogen) atoms.